The average molecular weight is 349 g/mol. The molecule has 0 saturated carbocycles. The van der Waals surface area contributed by atoms with Crippen LogP contribution in [0, 0.1) is 12.7 Å². The second kappa shape index (κ2) is 8.63. The van der Waals surface area contributed by atoms with Crippen LogP contribution in [0.3, 0.4) is 0 Å². The molecule has 0 saturated heterocycles. The number of rotatable bonds is 7. The minimum atomic E-state index is -0.226. The molecule has 0 spiro atoms. The molecule has 3 aromatic carbocycles. The Morgan fingerprint density at radius 3 is 2.35 bits per heavy atom. The summed E-state index contributed by atoms with van der Waals surface area (Å²) in [6, 6.07) is 23.0. The fourth-order valence-corrected chi connectivity index (χ4v) is 2.97. The summed E-state index contributed by atoms with van der Waals surface area (Å²) >= 11 is 0. The van der Waals surface area contributed by atoms with Crippen molar-refractivity contribution in [3.8, 4) is 5.75 Å². The van der Waals surface area contributed by atoms with Crippen LogP contribution >= 0.6 is 0 Å². The minimum Gasteiger partial charge on any atom is -0.489 e. The van der Waals surface area contributed by atoms with E-state index < -0.39 is 0 Å². The lowest BCUT2D eigenvalue weighted by molar-refractivity contribution is 0.306. The zero-order valence-electron chi connectivity index (χ0n) is 15.0. The van der Waals surface area contributed by atoms with Crippen molar-refractivity contribution in [1.82, 2.24) is 0 Å². The number of nitrogens with two attached hydrogens (primary N) is 1. The Kier molecular flexibility index (Phi) is 6.03. The van der Waals surface area contributed by atoms with Crippen molar-refractivity contribution >= 4 is 0 Å². The zero-order valence-corrected chi connectivity index (χ0v) is 15.0. The van der Waals surface area contributed by atoms with E-state index in [-0.39, 0.29) is 11.7 Å². The highest BCUT2D eigenvalue weighted by molar-refractivity contribution is 5.32. The van der Waals surface area contributed by atoms with E-state index in [0.717, 1.165) is 28.9 Å². The van der Waals surface area contributed by atoms with Crippen LogP contribution < -0.4 is 10.5 Å². The van der Waals surface area contributed by atoms with Crippen LogP contribution in [0.2, 0.25) is 0 Å². The number of hydrogen-bond donors (Lipinski definition) is 1. The third-order valence-corrected chi connectivity index (χ3v) is 4.53. The fourth-order valence-electron chi connectivity index (χ4n) is 2.97. The number of hydrogen-bond acceptors (Lipinski definition) is 2. The molecule has 0 bridgehead atoms. The second-order valence-corrected chi connectivity index (χ2v) is 6.61. The van der Waals surface area contributed by atoms with Gasteiger partial charge in [0.15, 0.2) is 0 Å². The van der Waals surface area contributed by atoms with Gasteiger partial charge in [-0.25, -0.2) is 4.39 Å². The van der Waals surface area contributed by atoms with Crippen LogP contribution in [0.4, 0.5) is 4.39 Å². The summed E-state index contributed by atoms with van der Waals surface area (Å²) < 4.78 is 19.1. The van der Waals surface area contributed by atoms with Crippen molar-refractivity contribution in [3.05, 3.63) is 101 Å². The lowest BCUT2D eigenvalue weighted by atomic mass is 9.92. The van der Waals surface area contributed by atoms with Crippen molar-refractivity contribution in [1.29, 1.82) is 0 Å². The molecular weight excluding hydrogens is 325 g/mol. The Bertz CT molecular complexity index is 828. The molecular formula is C23H24FNO. The molecule has 0 aliphatic rings. The van der Waals surface area contributed by atoms with Crippen LogP contribution in [0.5, 0.6) is 5.75 Å². The highest BCUT2D eigenvalue weighted by Gasteiger charge is 2.11. The van der Waals surface area contributed by atoms with Gasteiger partial charge in [-0.3, -0.25) is 0 Å². The molecule has 3 aromatic rings. The molecule has 0 radical (unpaired) electrons. The summed E-state index contributed by atoms with van der Waals surface area (Å²) in [7, 11) is 0. The molecule has 1 atom stereocenters. The number of ether oxygens (including phenoxy) is 1. The van der Waals surface area contributed by atoms with Gasteiger partial charge in [-0.2, -0.15) is 0 Å². The topological polar surface area (TPSA) is 35.2 Å². The predicted octanol–water partition coefficient (Wildman–Crippen LogP) is 5.00. The van der Waals surface area contributed by atoms with E-state index in [1.54, 1.807) is 0 Å². The van der Waals surface area contributed by atoms with Gasteiger partial charge >= 0.3 is 0 Å². The molecule has 26 heavy (non-hydrogen) atoms. The standard InChI is InChI=1S/C23H24FNO/c1-17-5-7-18(8-6-17)16-26-23-4-2-3-19(14-23)13-21(15-25)20-9-11-22(24)12-10-20/h2-12,14,21H,13,15-16,25H2,1H3. The monoisotopic (exact) mass is 349 g/mol. The third kappa shape index (κ3) is 4.93. The first-order chi connectivity index (χ1) is 12.6. The molecule has 2 N–H and O–H groups in total. The summed E-state index contributed by atoms with van der Waals surface area (Å²) in [5.41, 5.74) is 10.6. The Morgan fingerprint density at radius 1 is 0.923 bits per heavy atom. The maximum absolute atomic E-state index is 13.1. The van der Waals surface area contributed by atoms with E-state index in [0.29, 0.717) is 13.2 Å². The molecule has 2 nitrogen and oxygen atoms in total. The van der Waals surface area contributed by atoms with E-state index >= 15 is 0 Å². The van der Waals surface area contributed by atoms with Gasteiger partial charge in [0.05, 0.1) is 0 Å². The first-order valence-corrected chi connectivity index (χ1v) is 8.87. The van der Waals surface area contributed by atoms with E-state index in [1.807, 2.05) is 24.3 Å². The van der Waals surface area contributed by atoms with Crippen LogP contribution in [-0.4, -0.2) is 6.54 Å². The van der Waals surface area contributed by atoms with Crippen LogP contribution in [-0.2, 0) is 13.0 Å². The molecule has 0 fully saturated rings. The van der Waals surface area contributed by atoms with Gasteiger partial charge in [0.2, 0.25) is 0 Å². The quantitative estimate of drug-likeness (QED) is 0.651. The molecule has 0 amide bonds. The fraction of sp³-hybridized carbons (Fsp3) is 0.217. The first kappa shape index (κ1) is 18.2. The maximum atomic E-state index is 13.1. The SMILES string of the molecule is Cc1ccc(COc2cccc(CC(CN)c3ccc(F)cc3)c2)cc1. The molecule has 3 rings (SSSR count). The Labute approximate surface area is 154 Å². The van der Waals surface area contributed by atoms with Gasteiger partial charge in [0.25, 0.3) is 0 Å². The predicted molar refractivity (Wildman–Crippen MR) is 104 cm³/mol. The van der Waals surface area contributed by atoms with E-state index in [9.17, 15) is 4.39 Å². The Balaban J connectivity index is 1.66. The van der Waals surface area contributed by atoms with Gasteiger partial charge in [0, 0.05) is 5.92 Å². The summed E-state index contributed by atoms with van der Waals surface area (Å²) in [5.74, 6) is 0.775. The summed E-state index contributed by atoms with van der Waals surface area (Å²) in [4.78, 5) is 0. The van der Waals surface area contributed by atoms with E-state index in [2.05, 4.69) is 43.3 Å². The third-order valence-electron chi connectivity index (χ3n) is 4.53. The molecule has 0 heterocycles. The van der Waals surface area contributed by atoms with Crippen molar-refractivity contribution in [2.75, 3.05) is 6.54 Å². The minimum absolute atomic E-state index is 0.156. The Hall–Kier alpha value is -2.65. The molecule has 1 unspecified atom stereocenters. The zero-order chi connectivity index (χ0) is 18.4. The van der Waals surface area contributed by atoms with Crippen molar-refractivity contribution in [3.63, 3.8) is 0 Å². The highest BCUT2D eigenvalue weighted by atomic mass is 19.1. The van der Waals surface area contributed by atoms with Crippen LogP contribution in [0.15, 0.2) is 72.8 Å². The summed E-state index contributed by atoms with van der Waals surface area (Å²) in [6.45, 7) is 3.13. The largest absolute Gasteiger partial charge is 0.489 e. The van der Waals surface area contributed by atoms with Crippen molar-refractivity contribution in [2.45, 2.75) is 25.9 Å². The normalized spacial score (nSPS) is 12.0. The summed E-state index contributed by atoms with van der Waals surface area (Å²) in [6.07, 6.45) is 0.796. The van der Waals surface area contributed by atoms with Crippen LogP contribution in [0.1, 0.15) is 28.2 Å². The van der Waals surface area contributed by atoms with E-state index in [4.69, 9.17) is 10.5 Å². The Morgan fingerprint density at radius 2 is 1.65 bits per heavy atom. The number of aryl methyl sites for hydroxylation is 1. The average Bonchev–Trinajstić information content (AvgIpc) is 2.67. The number of halogens is 1. The lowest BCUT2D eigenvalue weighted by Crippen LogP contribution is -2.15. The second-order valence-electron chi connectivity index (χ2n) is 6.61. The van der Waals surface area contributed by atoms with Crippen LogP contribution in [0.25, 0.3) is 0 Å². The molecule has 0 aliphatic carbocycles. The van der Waals surface area contributed by atoms with E-state index in [1.165, 1.54) is 17.7 Å². The molecule has 3 heteroatoms. The highest BCUT2D eigenvalue weighted by Crippen LogP contribution is 2.23. The van der Waals surface area contributed by atoms with Gasteiger partial charge in [-0.1, -0.05) is 54.1 Å². The van der Waals surface area contributed by atoms with Gasteiger partial charge in [-0.15, -0.1) is 0 Å². The van der Waals surface area contributed by atoms with Gasteiger partial charge in [-0.05, 0) is 60.8 Å². The van der Waals surface area contributed by atoms with Crippen molar-refractivity contribution < 1.29 is 9.13 Å². The summed E-state index contributed by atoms with van der Waals surface area (Å²) in [5, 5.41) is 0. The lowest BCUT2D eigenvalue weighted by Gasteiger charge is -2.16. The smallest absolute Gasteiger partial charge is 0.123 e. The number of benzene rings is 3. The van der Waals surface area contributed by atoms with Crippen molar-refractivity contribution in [2.24, 2.45) is 5.73 Å². The molecule has 0 aliphatic heterocycles. The van der Waals surface area contributed by atoms with Gasteiger partial charge in [0.1, 0.15) is 18.2 Å². The first-order valence-electron chi connectivity index (χ1n) is 8.87. The maximum Gasteiger partial charge on any atom is 0.123 e. The molecule has 0 aromatic heterocycles. The van der Waals surface area contributed by atoms with Gasteiger partial charge < -0.3 is 10.5 Å². The molecule has 134 valence electrons.